The quantitative estimate of drug-likeness (QED) is 0.812. The lowest BCUT2D eigenvalue weighted by molar-refractivity contribution is 0.0146. The van der Waals surface area contributed by atoms with E-state index >= 15 is 0 Å². The van der Waals surface area contributed by atoms with E-state index < -0.39 is 0 Å². The van der Waals surface area contributed by atoms with Crippen LogP contribution in [-0.4, -0.2) is 10.3 Å². The minimum atomic E-state index is -0.0670. The predicted molar refractivity (Wildman–Crippen MR) is 64.2 cm³/mol. The lowest BCUT2D eigenvalue weighted by Crippen LogP contribution is -1.97. The van der Waals surface area contributed by atoms with Crippen molar-refractivity contribution in [2.24, 2.45) is 0 Å². The van der Waals surface area contributed by atoms with E-state index in [2.05, 4.69) is 42.2 Å². The second kappa shape index (κ2) is 4.55. The van der Waals surface area contributed by atoms with E-state index in [-0.39, 0.29) is 12.2 Å². The van der Waals surface area contributed by atoms with Crippen molar-refractivity contribution in [1.82, 2.24) is 10.3 Å². The average Bonchev–Trinajstić information content (AvgIpc) is 2.96. The molecule has 0 bridgehead atoms. The van der Waals surface area contributed by atoms with Gasteiger partial charge in [-0.15, -0.1) is 0 Å². The number of halogens is 2. The summed E-state index contributed by atoms with van der Waals surface area (Å²) in [5, 5.41) is 7.56. The molecule has 90 valence electrons. The molecule has 3 rings (SSSR count). The number of rotatable bonds is 2. The Morgan fingerprint density at radius 2 is 1.41 bits per heavy atom. The highest BCUT2D eigenvalue weighted by Crippen LogP contribution is 2.41. The van der Waals surface area contributed by atoms with Gasteiger partial charge in [-0.2, -0.15) is 0 Å². The molecular formula is C10H8Br2N2O3. The van der Waals surface area contributed by atoms with Crippen molar-refractivity contribution in [3.8, 4) is 0 Å². The van der Waals surface area contributed by atoms with E-state index in [1.807, 2.05) is 12.1 Å². The van der Waals surface area contributed by atoms with Crippen molar-refractivity contribution < 1.29 is 13.8 Å². The van der Waals surface area contributed by atoms with Crippen LogP contribution in [0.2, 0.25) is 0 Å². The fraction of sp³-hybridized carbons (Fsp3) is 0.400. The first-order valence-electron chi connectivity index (χ1n) is 5.12. The Labute approximate surface area is 114 Å². The van der Waals surface area contributed by atoms with Gasteiger partial charge in [0.25, 0.3) is 0 Å². The Hall–Kier alpha value is -0.660. The highest BCUT2D eigenvalue weighted by molar-refractivity contribution is 9.10. The van der Waals surface area contributed by atoms with Gasteiger partial charge >= 0.3 is 0 Å². The topological polar surface area (TPSA) is 61.3 Å². The lowest BCUT2D eigenvalue weighted by atomic mass is 10.1. The van der Waals surface area contributed by atoms with Crippen LogP contribution in [0.1, 0.15) is 36.6 Å². The predicted octanol–water partition coefficient (Wildman–Crippen LogP) is 3.78. The van der Waals surface area contributed by atoms with Crippen molar-refractivity contribution in [3.05, 3.63) is 32.9 Å². The lowest BCUT2D eigenvalue weighted by Gasteiger charge is -2.07. The zero-order valence-electron chi connectivity index (χ0n) is 8.60. The maximum Gasteiger partial charge on any atom is 0.166 e. The standard InChI is InChI=1S/C10H8Br2N2O3/c11-9-3-7(16-13-9)5-1-2-6(15-5)8-4-10(12)14-17-8/h3-6H,1-2H2. The smallest absolute Gasteiger partial charge is 0.166 e. The maximum absolute atomic E-state index is 5.85. The minimum absolute atomic E-state index is 0.0670. The number of hydrogen-bond donors (Lipinski definition) is 0. The highest BCUT2D eigenvalue weighted by Gasteiger charge is 2.32. The first kappa shape index (κ1) is 11.4. The van der Waals surface area contributed by atoms with E-state index in [4.69, 9.17) is 13.8 Å². The molecule has 0 aliphatic carbocycles. The van der Waals surface area contributed by atoms with Gasteiger partial charge < -0.3 is 13.8 Å². The highest BCUT2D eigenvalue weighted by atomic mass is 79.9. The zero-order valence-corrected chi connectivity index (χ0v) is 11.8. The molecule has 2 aromatic rings. The molecule has 0 aromatic carbocycles. The largest absolute Gasteiger partial charge is 0.359 e. The molecular weight excluding hydrogens is 356 g/mol. The Morgan fingerprint density at radius 1 is 0.941 bits per heavy atom. The molecule has 0 saturated carbocycles. The summed E-state index contributed by atoms with van der Waals surface area (Å²) in [5.41, 5.74) is 0. The maximum atomic E-state index is 5.85. The number of aromatic nitrogens is 2. The number of hydrogen-bond acceptors (Lipinski definition) is 5. The minimum Gasteiger partial charge on any atom is -0.359 e. The third-order valence-electron chi connectivity index (χ3n) is 2.65. The summed E-state index contributed by atoms with van der Waals surface area (Å²) in [4.78, 5) is 0. The van der Waals surface area contributed by atoms with E-state index in [0.717, 1.165) is 24.4 Å². The Balaban J connectivity index is 1.73. The summed E-state index contributed by atoms with van der Waals surface area (Å²) in [7, 11) is 0. The van der Waals surface area contributed by atoms with Crippen LogP contribution in [0.3, 0.4) is 0 Å². The third kappa shape index (κ3) is 2.31. The van der Waals surface area contributed by atoms with Gasteiger partial charge in [0, 0.05) is 12.1 Å². The summed E-state index contributed by atoms with van der Waals surface area (Å²) < 4.78 is 17.5. The van der Waals surface area contributed by atoms with E-state index in [0.29, 0.717) is 9.21 Å². The van der Waals surface area contributed by atoms with E-state index in [1.165, 1.54) is 0 Å². The van der Waals surface area contributed by atoms with E-state index in [9.17, 15) is 0 Å². The first-order chi connectivity index (χ1) is 8.22. The molecule has 2 unspecified atom stereocenters. The average molecular weight is 364 g/mol. The molecule has 0 amide bonds. The van der Waals surface area contributed by atoms with Gasteiger partial charge in [-0.25, -0.2) is 0 Å². The number of nitrogens with zero attached hydrogens (tertiary/aromatic N) is 2. The molecule has 0 N–H and O–H groups in total. The first-order valence-corrected chi connectivity index (χ1v) is 6.70. The van der Waals surface area contributed by atoms with Crippen LogP contribution in [0.15, 0.2) is 30.4 Å². The van der Waals surface area contributed by atoms with Gasteiger partial charge in [-0.1, -0.05) is 10.3 Å². The van der Waals surface area contributed by atoms with Gasteiger partial charge in [0.2, 0.25) is 0 Å². The SMILES string of the molecule is Brc1cc(C2CCC(c3cc(Br)no3)O2)on1. The van der Waals surface area contributed by atoms with Crippen molar-refractivity contribution >= 4 is 31.9 Å². The Morgan fingerprint density at radius 3 is 1.76 bits per heavy atom. The molecule has 17 heavy (non-hydrogen) atoms. The monoisotopic (exact) mass is 362 g/mol. The van der Waals surface area contributed by atoms with Crippen LogP contribution in [0.25, 0.3) is 0 Å². The van der Waals surface area contributed by atoms with Crippen molar-refractivity contribution in [2.45, 2.75) is 25.0 Å². The van der Waals surface area contributed by atoms with Crippen LogP contribution in [0.4, 0.5) is 0 Å². The summed E-state index contributed by atoms with van der Waals surface area (Å²) in [5.74, 6) is 1.47. The summed E-state index contributed by atoms with van der Waals surface area (Å²) >= 11 is 6.49. The van der Waals surface area contributed by atoms with Crippen molar-refractivity contribution in [2.75, 3.05) is 0 Å². The molecule has 5 nitrogen and oxygen atoms in total. The Bertz CT molecular complexity index is 479. The second-order valence-electron chi connectivity index (χ2n) is 3.79. The summed E-state index contributed by atoms with van der Waals surface area (Å²) in [6, 6.07) is 3.65. The van der Waals surface area contributed by atoms with Crippen molar-refractivity contribution in [3.63, 3.8) is 0 Å². The zero-order chi connectivity index (χ0) is 11.8. The van der Waals surface area contributed by atoms with E-state index in [1.54, 1.807) is 0 Å². The van der Waals surface area contributed by atoms with Gasteiger partial charge in [0.1, 0.15) is 21.4 Å². The molecule has 2 atom stereocenters. The molecule has 1 aliphatic rings. The Kier molecular flexibility index (Phi) is 3.06. The van der Waals surface area contributed by atoms with Gasteiger partial charge in [-0.05, 0) is 44.7 Å². The second-order valence-corrected chi connectivity index (χ2v) is 5.42. The normalized spacial score (nSPS) is 24.4. The molecule has 7 heteroatoms. The van der Waals surface area contributed by atoms with Gasteiger partial charge in [0.15, 0.2) is 11.5 Å². The molecule has 0 spiro atoms. The molecule has 1 fully saturated rings. The number of ether oxygens (including phenoxy) is 1. The van der Waals surface area contributed by atoms with Gasteiger partial charge in [-0.3, -0.25) is 0 Å². The molecule has 1 aliphatic heterocycles. The molecule has 3 heterocycles. The fourth-order valence-corrected chi connectivity index (χ4v) is 2.49. The van der Waals surface area contributed by atoms with Crippen LogP contribution in [0, 0.1) is 0 Å². The molecule has 0 radical (unpaired) electrons. The third-order valence-corrected chi connectivity index (χ3v) is 3.40. The molecule has 1 saturated heterocycles. The van der Waals surface area contributed by atoms with Crippen LogP contribution < -0.4 is 0 Å². The van der Waals surface area contributed by atoms with Crippen LogP contribution >= 0.6 is 31.9 Å². The van der Waals surface area contributed by atoms with Crippen molar-refractivity contribution in [1.29, 1.82) is 0 Å². The van der Waals surface area contributed by atoms with Crippen LogP contribution in [-0.2, 0) is 4.74 Å². The molecule has 2 aromatic heterocycles. The summed E-state index contributed by atoms with van der Waals surface area (Å²) in [6.07, 6.45) is 1.63. The van der Waals surface area contributed by atoms with Crippen LogP contribution in [0.5, 0.6) is 0 Å². The van der Waals surface area contributed by atoms with Gasteiger partial charge in [0.05, 0.1) is 0 Å². The fourth-order valence-electron chi connectivity index (χ4n) is 1.89. The summed E-state index contributed by atoms with van der Waals surface area (Å²) in [6.45, 7) is 0.